The molecule has 4 unspecified atom stereocenters. The Bertz CT molecular complexity index is 3120. The monoisotopic (exact) mass is 1690 g/mol. The number of fused-ring (bicyclic) bond motifs is 3. The Morgan fingerprint density at radius 2 is 0.975 bits per heavy atom. The number of nitrogens with zero attached hydrogens (tertiary/aromatic N) is 16. The van der Waals surface area contributed by atoms with Crippen molar-refractivity contribution in [1.29, 1.82) is 0 Å². The summed E-state index contributed by atoms with van der Waals surface area (Å²) in [4.78, 5) is 48.5. The van der Waals surface area contributed by atoms with Crippen LogP contribution in [0.3, 0.4) is 0 Å². The summed E-state index contributed by atoms with van der Waals surface area (Å²) in [5.74, 6) is 1.50. The number of carbonyl (C=O) groups excluding carboxylic acids is 1. The van der Waals surface area contributed by atoms with Crippen molar-refractivity contribution >= 4 is 5.91 Å². The summed E-state index contributed by atoms with van der Waals surface area (Å²) >= 11 is 0. The highest BCUT2D eigenvalue weighted by Gasteiger charge is 2.47. The van der Waals surface area contributed by atoms with Crippen molar-refractivity contribution in [2.75, 3.05) is 218 Å². The van der Waals surface area contributed by atoms with Gasteiger partial charge in [-0.15, -0.1) is 0 Å². The number of amides is 1. The molecule has 10 fully saturated rings. The quantitative estimate of drug-likeness (QED) is 0.284. The van der Waals surface area contributed by atoms with Crippen molar-refractivity contribution < 1.29 is 37.7 Å². The van der Waals surface area contributed by atoms with E-state index in [1.807, 2.05) is 6.20 Å². The van der Waals surface area contributed by atoms with Crippen LogP contribution in [0.5, 0.6) is 0 Å². The van der Waals surface area contributed by atoms with Crippen molar-refractivity contribution in [1.82, 2.24) is 78.4 Å². The minimum absolute atomic E-state index is 0.0133. The minimum Gasteiger partial charge on any atom is -0.382 e. The lowest BCUT2D eigenvalue weighted by molar-refractivity contribution is -0.245. The second kappa shape index (κ2) is 44.9. The fraction of sp³-hybridized carbons (Fsp3) is 0.927. The van der Waals surface area contributed by atoms with E-state index in [0.29, 0.717) is 70.3 Å². The number of morpholine rings is 3. The van der Waals surface area contributed by atoms with Crippen LogP contribution in [0.4, 0.5) is 0 Å². The summed E-state index contributed by atoms with van der Waals surface area (Å²) in [7, 11) is 3.95. The average Bonchev–Trinajstić information content (AvgIpc) is 0.885. The maximum atomic E-state index is 12.0. The number of hydrogen-bond acceptors (Lipinski definition) is 22. The van der Waals surface area contributed by atoms with Gasteiger partial charge < -0.3 is 47.3 Å². The molecule has 4 atom stereocenters. The van der Waals surface area contributed by atoms with Gasteiger partial charge in [0.2, 0.25) is 5.91 Å². The van der Waals surface area contributed by atoms with Gasteiger partial charge in [0, 0.05) is 243 Å². The van der Waals surface area contributed by atoms with Crippen LogP contribution in [0.25, 0.3) is 0 Å². The Morgan fingerprint density at radius 1 is 0.483 bits per heavy atom. The maximum absolute atomic E-state index is 12.0. The van der Waals surface area contributed by atoms with Crippen LogP contribution in [0, 0.1) is 5.41 Å². The molecule has 0 radical (unpaired) electrons. The van der Waals surface area contributed by atoms with E-state index in [9.17, 15) is 4.79 Å². The van der Waals surface area contributed by atoms with Gasteiger partial charge >= 0.3 is 0 Å². The molecule has 1 amide bonds. The fourth-order valence-electron chi connectivity index (χ4n) is 17.6. The molecule has 14 rings (SSSR count). The molecule has 12 aliphatic heterocycles. The predicted octanol–water partition coefficient (Wildman–Crippen LogP) is 13.4. The van der Waals surface area contributed by atoms with Gasteiger partial charge in [0.1, 0.15) is 17.7 Å². The summed E-state index contributed by atoms with van der Waals surface area (Å²) in [5.41, 5.74) is 5.50. The van der Waals surface area contributed by atoms with E-state index in [-0.39, 0.29) is 39.4 Å². The number of rotatable bonds is 4. The molecular weight excluding hydrogens is 1510 g/mol. The molecule has 700 valence electrons. The molecule has 2 aromatic rings. The zero-order valence-electron chi connectivity index (χ0n) is 84.3. The van der Waals surface area contributed by atoms with E-state index < -0.39 is 0 Å². The number of ether oxygens (including phenoxy) is 6. The fourth-order valence-corrected chi connectivity index (χ4v) is 17.6. The molecule has 10 saturated heterocycles. The first-order valence-corrected chi connectivity index (χ1v) is 46.9. The van der Waals surface area contributed by atoms with Gasteiger partial charge in [-0.25, -0.2) is 4.98 Å². The highest BCUT2D eigenvalue weighted by molar-refractivity contribution is 5.80. The predicted molar refractivity (Wildman–Crippen MR) is 497 cm³/mol. The zero-order valence-corrected chi connectivity index (χ0v) is 84.3. The molecular formula is C96H188N16O8. The van der Waals surface area contributed by atoms with E-state index >= 15 is 0 Å². The van der Waals surface area contributed by atoms with Crippen LogP contribution in [0.1, 0.15) is 265 Å². The normalized spacial score (nSPS) is 25.6. The third kappa shape index (κ3) is 34.6. The summed E-state index contributed by atoms with van der Waals surface area (Å²) in [6.07, 6.45) is 10.8. The van der Waals surface area contributed by atoms with E-state index in [4.69, 9.17) is 32.9 Å². The molecule has 1 spiro atoms. The van der Waals surface area contributed by atoms with Crippen molar-refractivity contribution in [3.8, 4) is 0 Å². The Hall–Kier alpha value is -2.83. The highest BCUT2D eigenvalue weighted by Crippen LogP contribution is 2.33. The van der Waals surface area contributed by atoms with Gasteiger partial charge in [-0.2, -0.15) is 0 Å². The van der Waals surface area contributed by atoms with Gasteiger partial charge in [-0.05, 0) is 240 Å². The topological polar surface area (TPSA) is 158 Å². The second-order valence-corrected chi connectivity index (χ2v) is 47.1. The lowest BCUT2D eigenvalue weighted by atomic mass is 9.95. The molecule has 0 aromatic carbocycles. The Kier molecular flexibility index (Phi) is 39.7. The lowest BCUT2D eigenvalue weighted by Crippen LogP contribution is -2.65. The minimum atomic E-state index is -0.0133. The average molecular weight is 1690 g/mol. The van der Waals surface area contributed by atoms with E-state index in [0.717, 1.165) is 150 Å². The van der Waals surface area contributed by atoms with Crippen LogP contribution in [0.15, 0.2) is 23.2 Å². The van der Waals surface area contributed by atoms with Crippen molar-refractivity contribution in [3.05, 3.63) is 35.7 Å². The summed E-state index contributed by atoms with van der Waals surface area (Å²) < 4.78 is 39.4. The lowest BCUT2D eigenvalue weighted by Gasteiger charge is -2.52. The van der Waals surface area contributed by atoms with Crippen LogP contribution < -0.4 is 0 Å². The van der Waals surface area contributed by atoms with Gasteiger partial charge in [0.05, 0.1) is 89.9 Å². The largest absolute Gasteiger partial charge is 0.382 e. The van der Waals surface area contributed by atoms with E-state index in [2.05, 4.69) is 320 Å². The molecule has 14 heterocycles. The molecule has 24 heteroatoms. The Balaban J connectivity index is 0.000000210. The Morgan fingerprint density at radius 3 is 1.45 bits per heavy atom. The number of aromatic nitrogens is 3. The third-order valence-electron chi connectivity index (χ3n) is 26.4. The van der Waals surface area contributed by atoms with E-state index in [1.165, 1.54) is 103 Å². The summed E-state index contributed by atoms with van der Waals surface area (Å²) in [5, 5.41) is 3.97. The van der Waals surface area contributed by atoms with Crippen molar-refractivity contribution in [3.63, 3.8) is 0 Å². The van der Waals surface area contributed by atoms with E-state index in [1.54, 1.807) is 13.4 Å². The second-order valence-electron chi connectivity index (χ2n) is 47.1. The molecule has 120 heavy (non-hydrogen) atoms. The molecule has 0 aliphatic carbocycles. The third-order valence-corrected chi connectivity index (χ3v) is 26.4. The SMILES string of the molecule is CC(C)(C)CN1CCN(C(C)(C)C)CC1.CC(C)(C)N1CC2CCCCN2CC1=O.CC(C)(C)N1CCN(C2(C)COC2)CC1.CC(C)(C)N1CCOC2(COC2)C1.CC(C)(C)N1CCOCC1.CC(C)(C)N1CCc2nocc2C1.CC(C)(C)N1CCn2ccnc2C1.CC1CN(C(C)(C)C)CC(C)N1C.COCC1CN(C(C)(C)C)CCO1. The van der Waals surface area contributed by atoms with Crippen LogP contribution >= 0.6 is 0 Å². The van der Waals surface area contributed by atoms with Crippen molar-refractivity contribution in [2.45, 2.75) is 359 Å². The summed E-state index contributed by atoms with van der Waals surface area (Å²) in [6.45, 7) is 110. The first kappa shape index (κ1) is 106. The first-order chi connectivity index (χ1) is 55.2. The molecule has 12 aliphatic rings. The number of piperidine rings is 1. The first-order valence-electron chi connectivity index (χ1n) is 46.9. The zero-order chi connectivity index (χ0) is 90.1. The van der Waals surface area contributed by atoms with Gasteiger partial charge in [0.15, 0.2) is 0 Å². The molecule has 2 aromatic heterocycles. The number of hydrogen-bond donors (Lipinski definition) is 0. The molecule has 24 nitrogen and oxygen atoms in total. The molecule has 0 N–H and O–H groups in total. The Labute approximate surface area is 736 Å². The van der Waals surface area contributed by atoms with Crippen molar-refractivity contribution in [2.24, 2.45) is 5.41 Å². The summed E-state index contributed by atoms with van der Waals surface area (Å²) in [6, 6.07) is 1.99. The van der Waals surface area contributed by atoms with Gasteiger partial charge in [-0.3, -0.25) is 58.7 Å². The van der Waals surface area contributed by atoms with Gasteiger partial charge in [-0.1, -0.05) is 32.3 Å². The number of imidazole rings is 1. The maximum Gasteiger partial charge on any atom is 0.237 e. The smallest absolute Gasteiger partial charge is 0.237 e. The van der Waals surface area contributed by atoms with Crippen LogP contribution in [-0.4, -0.2) is 387 Å². The standard InChI is InChI=1S/C13H28N2.C12H24N2O.C12H22N2O.C11H24N2.C10H17N3.C10H16N2O.C10H19NO2.C10H21NO2.C8H17NO/c1-12(2,3)11-14-7-9-15(10-8-14)13(4,5)6;1-11(2,3)13-5-7-14(8-6-13)12(4)9-15-10-12;1-12(2,3)14-8-10-6-4-5-7-13(10)9-11(14)15;1-9-7-13(11(3,4)5)8-10(2)12(9)6;1-10(2,3)13-7-6-12-5-4-11-9(12)8-13;1-10(2,3)12-5-4-9-8(6-12)7-13-11-9;1-9(2,3)11-4-5-13-10(6-11)7-12-8-10;1-10(2,3)11-5-6-13-9(7-11)8-12-4;1-8(2,3)9-4-6-10-7-5-9/h7-11H2,1-6H3;5-10H2,1-4H3;10H,4-9H2,1-3H3;9-10H,7-8H2,1-6H3;4-5H,6-8H2,1-3H3;7H,4-6H2,1-3H3;4-8H2,1-3H3;9H,5-8H2,1-4H3;4-7H2,1-3H3. The molecule has 0 bridgehead atoms. The molecule has 0 saturated carbocycles. The van der Waals surface area contributed by atoms with Crippen LogP contribution in [0.2, 0.25) is 0 Å². The number of carbonyl (C=O) groups is 1. The highest BCUT2D eigenvalue weighted by atomic mass is 16.6. The number of likely N-dealkylation sites (N-methyl/N-ethyl adjacent to an activating group) is 1. The number of methoxy groups -OCH3 is 1. The van der Waals surface area contributed by atoms with Crippen LogP contribution in [-0.2, 0) is 59.3 Å². The number of piperazine rings is 4. The van der Waals surface area contributed by atoms with Gasteiger partial charge in [0.25, 0.3) is 0 Å².